The molecular weight excluding hydrogens is 341 g/mol. The molecule has 0 radical (unpaired) electrons. The fourth-order valence-corrected chi connectivity index (χ4v) is 3.54. The van der Waals surface area contributed by atoms with Crippen molar-refractivity contribution < 1.29 is 13.9 Å². The fraction of sp³-hybridized carbons (Fsp3) is 0.444. The summed E-state index contributed by atoms with van der Waals surface area (Å²) >= 11 is 1.42. The summed E-state index contributed by atoms with van der Waals surface area (Å²) in [6.45, 7) is 5.17. The number of hydrogen-bond acceptors (Lipinski definition) is 5. The molecule has 1 aromatic heterocycles. The minimum atomic E-state index is -0.285. The highest BCUT2D eigenvalue weighted by Crippen LogP contribution is 2.24. The topological polar surface area (TPSA) is 54.5 Å². The lowest BCUT2D eigenvalue weighted by Crippen LogP contribution is -2.38. The maximum absolute atomic E-state index is 13.3. The minimum Gasteiger partial charge on any atom is -0.379 e. The van der Waals surface area contributed by atoms with Crippen LogP contribution in [0.15, 0.2) is 29.6 Å². The first-order chi connectivity index (χ1) is 12.2. The molecule has 0 unspecified atom stereocenters. The van der Waals surface area contributed by atoms with Gasteiger partial charge in [-0.25, -0.2) is 9.37 Å². The van der Waals surface area contributed by atoms with Gasteiger partial charge in [-0.05, 0) is 25.1 Å². The van der Waals surface area contributed by atoms with Crippen LogP contribution in [0.25, 0.3) is 10.6 Å². The van der Waals surface area contributed by atoms with Gasteiger partial charge in [-0.3, -0.25) is 9.69 Å². The number of amides is 1. The third kappa shape index (κ3) is 5.59. The Balaban J connectivity index is 1.41. The van der Waals surface area contributed by atoms with Gasteiger partial charge >= 0.3 is 0 Å². The Morgan fingerprint density at radius 1 is 1.36 bits per heavy atom. The Morgan fingerprint density at radius 2 is 2.20 bits per heavy atom. The number of rotatable bonds is 7. The van der Waals surface area contributed by atoms with E-state index in [0.29, 0.717) is 6.54 Å². The van der Waals surface area contributed by atoms with E-state index in [0.717, 1.165) is 55.5 Å². The number of ether oxygens (including phenoxy) is 1. The lowest BCUT2D eigenvalue weighted by Gasteiger charge is -2.26. The van der Waals surface area contributed by atoms with Gasteiger partial charge in [0.25, 0.3) is 0 Å². The number of benzene rings is 1. The van der Waals surface area contributed by atoms with Crippen molar-refractivity contribution in [3.05, 3.63) is 41.2 Å². The Morgan fingerprint density at radius 3 is 3.00 bits per heavy atom. The van der Waals surface area contributed by atoms with Crippen molar-refractivity contribution in [3.8, 4) is 10.6 Å². The van der Waals surface area contributed by atoms with E-state index in [1.165, 1.54) is 23.5 Å². The third-order valence-electron chi connectivity index (χ3n) is 4.04. The van der Waals surface area contributed by atoms with Crippen LogP contribution in [-0.4, -0.2) is 55.2 Å². The number of thiazole rings is 1. The van der Waals surface area contributed by atoms with E-state index in [9.17, 15) is 9.18 Å². The molecule has 134 valence electrons. The van der Waals surface area contributed by atoms with E-state index in [4.69, 9.17) is 4.74 Å². The molecule has 0 bridgehead atoms. The lowest BCUT2D eigenvalue weighted by molar-refractivity contribution is -0.120. The van der Waals surface area contributed by atoms with E-state index in [1.807, 2.05) is 11.4 Å². The quantitative estimate of drug-likeness (QED) is 0.767. The van der Waals surface area contributed by atoms with Crippen molar-refractivity contribution in [1.29, 1.82) is 0 Å². The second kappa shape index (κ2) is 9.03. The first-order valence-corrected chi connectivity index (χ1v) is 9.36. The van der Waals surface area contributed by atoms with Gasteiger partial charge in [0.1, 0.15) is 10.8 Å². The smallest absolute Gasteiger partial charge is 0.226 e. The molecule has 0 saturated carbocycles. The molecule has 1 N–H and O–H groups in total. The fourth-order valence-electron chi connectivity index (χ4n) is 2.72. The van der Waals surface area contributed by atoms with E-state index in [2.05, 4.69) is 15.2 Å². The molecule has 0 atom stereocenters. The number of nitrogens with zero attached hydrogens (tertiary/aromatic N) is 2. The number of nitrogens with one attached hydrogen (secondary N) is 1. The van der Waals surface area contributed by atoms with Crippen molar-refractivity contribution in [2.75, 3.05) is 39.4 Å². The average molecular weight is 363 g/mol. The molecule has 1 aromatic carbocycles. The number of carbonyl (C=O) groups is 1. The van der Waals surface area contributed by atoms with E-state index in [1.54, 1.807) is 6.07 Å². The van der Waals surface area contributed by atoms with Crippen LogP contribution >= 0.6 is 11.3 Å². The van der Waals surface area contributed by atoms with Gasteiger partial charge in [0.05, 0.1) is 25.3 Å². The van der Waals surface area contributed by atoms with Crippen molar-refractivity contribution in [2.24, 2.45) is 0 Å². The van der Waals surface area contributed by atoms with Gasteiger partial charge in [0.15, 0.2) is 0 Å². The summed E-state index contributed by atoms with van der Waals surface area (Å²) in [6.07, 6.45) is 1.18. The maximum atomic E-state index is 13.3. The molecule has 25 heavy (non-hydrogen) atoms. The van der Waals surface area contributed by atoms with E-state index in [-0.39, 0.29) is 18.1 Å². The largest absolute Gasteiger partial charge is 0.379 e. The predicted octanol–water partition coefficient (Wildman–Crippen LogP) is 2.33. The van der Waals surface area contributed by atoms with Crippen LogP contribution < -0.4 is 5.32 Å². The highest BCUT2D eigenvalue weighted by Gasteiger charge is 2.11. The molecule has 1 aliphatic heterocycles. The van der Waals surface area contributed by atoms with Crippen molar-refractivity contribution in [2.45, 2.75) is 12.8 Å². The van der Waals surface area contributed by atoms with Crippen LogP contribution in [0.3, 0.4) is 0 Å². The number of hydrogen-bond donors (Lipinski definition) is 1. The number of halogens is 1. The Labute approximate surface area is 150 Å². The molecule has 2 aromatic rings. The molecule has 7 heteroatoms. The third-order valence-corrected chi connectivity index (χ3v) is 4.98. The molecular formula is C18H22FN3O2S. The van der Waals surface area contributed by atoms with Crippen LogP contribution in [0.5, 0.6) is 0 Å². The van der Waals surface area contributed by atoms with Crippen LogP contribution in [-0.2, 0) is 16.0 Å². The predicted molar refractivity (Wildman–Crippen MR) is 96.1 cm³/mol. The molecule has 0 aliphatic carbocycles. The van der Waals surface area contributed by atoms with Gasteiger partial charge in [-0.15, -0.1) is 11.3 Å². The summed E-state index contributed by atoms with van der Waals surface area (Å²) in [5.41, 5.74) is 1.46. The first kappa shape index (κ1) is 18.0. The molecule has 1 amide bonds. The maximum Gasteiger partial charge on any atom is 0.226 e. The zero-order chi connectivity index (χ0) is 17.5. The van der Waals surface area contributed by atoms with Gasteiger partial charge in [0.2, 0.25) is 5.91 Å². The highest BCUT2D eigenvalue weighted by molar-refractivity contribution is 7.13. The highest BCUT2D eigenvalue weighted by atomic mass is 32.1. The molecule has 0 spiro atoms. The SMILES string of the molecule is O=C(Cc1csc(-c2cccc(F)c2)n1)NCCCN1CCOCC1. The van der Waals surface area contributed by atoms with Crippen molar-refractivity contribution in [1.82, 2.24) is 15.2 Å². The molecule has 5 nitrogen and oxygen atoms in total. The Bertz CT molecular complexity index is 701. The summed E-state index contributed by atoms with van der Waals surface area (Å²) in [4.78, 5) is 18.8. The van der Waals surface area contributed by atoms with Crippen LogP contribution in [0.4, 0.5) is 4.39 Å². The summed E-state index contributed by atoms with van der Waals surface area (Å²) < 4.78 is 18.6. The van der Waals surface area contributed by atoms with Crippen LogP contribution in [0, 0.1) is 5.82 Å². The van der Waals surface area contributed by atoms with E-state index >= 15 is 0 Å². The molecule has 1 aliphatic rings. The zero-order valence-electron chi connectivity index (χ0n) is 14.0. The monoisotopic (exact) mass is 363 g/mol. The molecule has 1 fully saturated rings. The van der Waals surface area contributed by atoms with Crippen LogP contribution in [0.1, 0.15) is 12.1 Å². The lowest BCUT2D eigenvalue weighted by atomic mass is 10.2. The standard InChI is InChI=1S/C18H22FN3O2S/c19-15-4-1-3-14(11-15)18-21-16(13-25-18)12-17(23)20-5-2-6-22-7-9-24-10-8-22/h1,3-4,11,13H,2,5-10,12H2,(H,20,23). The van der Waals surface area contributed by atoms with Crippen LogP contribution in [0.2, 0.25) is 0 Å². The second-order valence-corrected chi connectivity index (χ2v) is 6.85. The summed E-state index contributed by atoms with van der Waals surface area (Å²) in [5.74, 6) is -0.315. The summed E-state index contributed by atoms with van der Waals surface area (Å²) in [5, 5.41) is 5.52. The minimum absolute atomic E-state index is 0.0296. The van der Waals surface area contributed by atoms with Gasteiger partial charge in [-0.1, -0.05) is 12.1 Å². The normalized spacial score (nSPS) is 15.2. The van der Waals surface area contributed by atoms with Gasteiger partial charge < -0.3 is 10.1 Å². The van der Waals surface area contributed by atoms with Gasteiger partial charge in [0, 0.05) is 30.6 Å². The second-order valence-electron chi connectivity index (χ2n) is 5.99. The molecule has 3 rings (SSSR count). The van der Waals surface area contributed by atoms with Crippen molar-refractivity contribution in [3.63, 3.8) is 0 Å². The van der Waals surface area contributed by atoms with E-state index < -0.39 is 0 Å². The molecule has 1 saturated heterocycles. The molecule has 2 heterocycles. The Hall–Kier alpha value is -1.83. The first-order valence-electron chi connectivity index (χ1n) is 8.48. The zero-order valence-corrected chi connectivity index (χ0v) is 14.9. The average Bonchev–Trinajstić information content (AvgIpc) is 3.08. The number of aromatic nitrogens is 1. The number of morpholine rings is 1. The number of carbonyl (C=O) groups excluding carboxylic acids is 1. The van der Waals surface area contributed by atoms with Gasteiger partial charge in [-0.2, -0.15) is 0 Å². The Kier molecular flexibility index (Phi) is 6.49. The summed E-state index contributed by atoms with van der Waals surface area (Å²) in [7, 11) is 0. The summed E-state index contributed by atoms with van der Waals surface area (Å²) in [6, 6.07) is 6.33. The van der Waals surface area contributed by atoms with Crippen molar-refractivity contribution >= 4 is 17.2 Å².